The minimum Gasteiger partial charge on any atom is -0.325 e. The summed E-state index contributed by atoms with van der Waals surface area (Å²) in [6.45, 7) is 1.66. The van der Waals surface area contributed by atoms with Gasteiger partial charge in [-0.15, -0.1) is 0 Å². The van der Waals surface area contributed by atoms with Crippen molar-refractivity contribution in [3.8, 4) is 0 Å². The summed E-state index contributed by atoms with van der Waals surface area (Å²) in [4.78, 5) is 36.2. The van der Waals surface area contributed by atoms with Gasteiger partial charge >= 0.3 is 0 Å². The van der Waals surface area contributed by atoms with Crippen LogP contribution in [0.3, 0.4) is 0 Å². The lowest BCUT2D eigenvalue weighted by molar-refractivity contribution is -0.137. The quantitative estimate of drug-likeness (QED) is 0.778. The standard InChI is InChI=1S/C14H17N3O3/c1-9(13(19)16-10-6-4-3-5-7-10)15-11-8-12(18)17(2)14(11)20/h3-7,9,11,15H,8H2,1-2H3,(H,16,19). The number of hydrogen-bond acceptors (Lipinski definition) is 4. The van der Waals surface area contributed by atoms with Gasteiger partial charge in [0, 0.05) is 12.7 Å². The van der Waals surface area contributed by atoms with Crippen LogP contribution < -0.4 is 10.6 Å². The molecule has 0 spiro atoms. The van der Waals surface area contributed by atoms with Crippen molar-refractivity contribution in [3.05, 3.63) is 30.3 Å². The number of rotatable bonds is 4. The summed E-state index contributed by atoms with van der Waals surface area (Å²) in [5.41, 5.74) is 0.692. The van der Waals surface area contributed by atoms with Crippen LogP contribution in [0.25, 0.3) is 0 Å². The minimum atomic E-state index is -0.621. The van der Waals surface area contributed by atoms with Gasteiger partial charge in [0.25, 0.3) is 0 Å². The Kier molecular flexibility index (Phi) is 4.14. The van der Waals surface area contributed by atoms with Crippen molar-refractivity contribution in [3.63, 3.8) is 0 Å². The molecule has 3 amide bonds. The maximum absolute atomic E-state index is 12.0. The van der Waals surface area contributed by atoms with Crippen molar-refractivity contribution < 1.29 is 14.4 Å². The fourth-order valence-electron chi connectivity index (χ4n) is 2.04. The Morgan fingerprint density at radius 2 is 1.95 bits per heavy atom. The van der Waals surface area contributed by atoms with Gasteiger partial charge in [-0.3, -0.25) is 24.6 Å². The zero-order valence-corrected chi connectivity index (χ0v) is 11.4. The number of benzene rings is 1. The van der Waals surface area contributed by atoms with Crippen LogP contribution in [0, 0.1) is 0 Å². The first-order valence-corrected chi connectivity index (χ1v) is 6.41. The van der Waals surface area contributed by atoms with Crippen molar-refractivity contribution in [2.45, 2.75) is 25.4 Å². The number of imide groups is 1. The average molecular weight is 275 g/mol. The fraction of sp³-hybridized carbons (Fsp3) is 0.357. The Labute approximate surface area is 117 Å². The molecule has 2 rings (SSSR count). The molecule has 1 aliphatic heterocycles. The van der Waals surface area contributed by atoms with Gasteiger partial charge in [0.05, 0.1) is 18.5 Å². The van der Waals surface area contributed by atoms with Gasteiger partial charge in [0.15, 0.2) is 0 Å². The predicted octanol–water partition coefficient (Wildman–Crippen LogP) is 0.361. The van der Waals surface area contributed by atoms with Crippen molar-refractivity contribution in [2.75, 3.05) is 12.4 Å². The third-order valence-electron chi connectivity index (χ3n) is 3.27. The molecule has 2 unspecified atom stereocenters. The van der Waals surface area contributed by atoms with E-state index in [1.807, 2.05) is 18.2 Å². The summed E-state index contributed by atoms with van der Waals surface area (Å²) in [7, 11) is 1.45. The molecular formula is C14H17N3O3. The van der Waals surface area contributed by atoms with Crippen LogP contribution in [0.2, 0.25) is 0 Å². The number of amides is 3. The molecular weight excluding hydrogens is 258 g/mol. The lowest BCUT2D eigenvalue weighted by Gasteiger charge is -2.17. The zero-order chi connectivity index (χ0) is 14.7. The van der Waals surface area contributed by atoms with Crippen LogP contribution >= 0.6 is 0 Å². The maximum Gasteiger partial charge on any atom is 0.246 e. The minimum absolute atomic E-state index is 0.0955. The van der Waals surface area contributed by atoms with Gasteiger partial charge in [0.1, 0.15) is 0 Å². The van der Waals surface area contributed by atoms with E-state index in [0.29, 0.717) is 5.69 Å². The van der Waals surface area contributed by atoms with E-state index < -0.39 is 12.1 Å². The second-order valence-electron chi connectivity index (χ2n) is 4.79. The molecule has 2 N–H and O–H groups in total. The van der Waals surface area contributed by atoms with E-state index >= 15 is 0 Å². The second-order valence-corrected chi connectivity index (χ2v) is 4.79. The third kappa shape index (κ3) is 3.03. The highest BCUT2D eigenvalue weighted by molar-refractivity contribution is 6.05. The Morgan fingerprint density at radius 1 is 1.30 bits per heavy atom. The molecule has 1 fully saturated rings. The maximum atomic E-state index is 12.0. The molecule has 2 atom stereocenters. The molecule has 0 radical (unpaired) electrons. The summed E-state index contributed by atoms with van der Waals surface area (Å²) >= 11 is 0. The molecule has 1 aromatic carbocycles. The summed E-state index contributed by atoms with van der Waals surface area (Å²) in [5.74, 6) is -0.775. The van der Waals surface area contributed by atoms with Gasteiger partial charge in [-0.05, 0) is 19.1 Å². The van der Waals surface area contributed by atoms with Crippen molar-refractivity contribution in [1.82, 2.24) is 10.2 Å². The number of anilines is 1. The van der Waals surface area contributed by atoms with Crippen molar-refractivity contribution in [1.29, 1.82) is 0 Å². The zero-order valence-electron chi connectivity index (χ0n) is 11.4. The number of para-hydroxylation sites is 1. The Hall–Kier alpha value is -2.21. The number of likely N-dealkylation sites (tertiary alicyclic amines) is 1. The van der Waals surface area contributed by atoms with E-state index in [1.165, 1.54) is 7.05 Å². The normalized spacial score (nSPS) is 20.1. The van der Waals surface area contributed by atoms with Crippen LogP contribution in [0.4, 0.5) is 5.69 Å². The van der Waals surface area contributed by atoms with Gasteiger partial charge in [-0.2, -0.15) is 0 Å². The highest BCUT2D eigenvalue weighted by Gasteiger charge is 2.37. The van der Waals surface area contributed by atoms with Gasteiger partial charge < -0.3 is 5.32 Å². The fourth-order valence-corrected chi connectivity index (χ4v) is 2.04. The van der Waals surface area contributed by atoms with E-state index in [0.717, 1.165) is 4.90 Å². The molecule has 6 nitrogen and oxygen atoms in total. The lowest BCUT2D eigenvalue weighted by Crippen LogP contribution is -2.47. The molecule has 6 heteroatoms. The average Bonchev–Trinajstić information content (AvgIpc) is 2.67. The topological polar surface area (TPSA) is 78.5 Å². The van der Waals surface area contributed by atoms with Crippen LogP contribution in [0.5, 0.6) is 0 Å². The summed E-state index contributed by atoms with van der Waals surface area (Å²) < 4.78 is 0. The molecule has 0 bridgehead atoms. The van der Waals surface area contributed by atoms with E-state index in [1.54, 1.807) is 19.1 Å². The van der Waals surface area contributed by atoms with Crippen molar-refractivity contribution in [2.24, 2.45) is 0 Å². The van der Waals surface area contributed by atoms with Gasteiger partial charge in [0.2, 0.25) is 17.7 Å². The van der Waals surface area contributed by atoms with Crippen LogP contribution in [-0.4, -0.2) is 41.8 Å². The first kappa shape index (κ1) is 14.2. The second kappa shape index (κ2) is 5.83. The monoisotopic (exact) mass is 275 g/mol. The number of carbonyl (C=O) groups is 3. The molecule has 106 valence electrons. The summed E-state index contributed by atoms with van der Waals surface area (Å²) in [5, 5.41) is 5.63. The highest BCUT2D eigenvalue weighted by Crippen LogP contribution is 2.12. The number of nitrogens with one attached hydrogen (secondary N) is 2. The van der Waals surface area contributed by atoms with E-state index in [9.17, 15) is 14.4 Å². The predicted molar refractivity (Wildman–Crippen MR) is 73.9 cm³/mol. The summed E-state index contributed by atoms with van der Waals surface area (Å²) in [6, 6.07) is 7.87. The Balaban J connectivity index is 1.92. The number of hydrogen-bond donors (Lipinski definition) is 2. The first-order valence-electron chi connectivity index (χ1n) is 6.41. The smallest absolute Gasteiger partial charge is 0.246 e. The largest absolute Gasteiger partial charge is 0.325 e. The Morgan fingerprint density at radius 3 is 2.50 bits per heavy atom. The van der Waals surface area contributed by atoms with Crippen LogP contribution in [0.15, 0.2) is 30.3 Å². The molecule has 1 aromatic rings. The molecule has 1 heterocycles. The van der Waals surface area contributed by atoms with E-state index in [-0.39, 0.29) is 24.1 Å². The molecule has 1 saturated heterocycles. The summed E-state index contributed by atoms with van der Waals surface area (Å²) in [6.07, 6.45) is 0.0955. The van der Waals surface area contributed by atoms with Crippen molar-refractivity contribution >= 4 is 23.4 Å². The van der Waals surface area contributed by atoms with Crippen LogP contribution in [0.1, 0.15) is 13.3 Å². The van der Waals surface area contributed by atoms with Gasteiger partial charge in [-0.1, -0.05) is 18.2 Å². The number of nitrogens with zero attached hydrogens (tertiary/aromatic N) is 1. The molecule has 1 aliphatic rings. The number of likely N-dealkylation sites (N-methyl/N-ethyl adjacent to an activating group) is 1. The number of carbonyl (C=O) groups excluding carboxylic acids is 3. The lowest BCUT2D eigenvalue weighted by atomic mass is 10.2. The van der Waals surface area contributed by atoms with E-state index in [4.69, 9.17) is 0 Å². The Bertz CT molecular complexity index is 530. The van der Waals surface area contributed by atoms with Crippen LogP contribution in [-0.2, 0) is 14.4 Å². The molecule has 0 aliphatic carbocycles. The third-order valence-corrected chi connectivity index (χ3v) is 3.27. The molecule has 0 saturated carbocycles. The van der Waals surface area contributed by atoms with E-state index in [2.05, 4.69) is 10.6 Å². The SMILES string of the molecule is CC(NC1CC(=O)N(C)C1=O)C(=O)Nc1ccccc1. The first-order chi connectivity index (χ1) is 9.49. The van der Waals surface area contributed by atoms with Gasteiger partial charge in [-0.25, -0.2) is 0 Å². The molecule has 0 aromatic heterocycles. The highest BCUT2D eigenvalue weighted by atomic mass is 16.2. The molecule has 20 heavy (non-hydrogen) atoms.